The highest BCUT2D eigenvalue weighted by Crippen LogP contribution is 2.41. The lowest BCUT2D eigenvalue weighted by atomic mass is 9.89. The molecule has 186 valence electrons. The molecule has 2 aliphatic heterocycles. The number of fused-ring (bicyclic) bond motifs is 1. The van der Waals surface area contributed by atoms with Crippen molar-refractivity contribution in [3.63, 3.8) is 0 Å². The number of hydrogen-bond acceptors (Lipinski definition) is 3. The molecule has 6 rings (SSSR count). The van der Waals surface area contributed by atoms with Crippen LogP contribution < -0.4 is 9.80 Å². The van der Waals surface area contributed by atoms with Crippen molar-refractivity contribution in [2.45, 2.75) is 37.6 Å². The zero-order valence-corrected chi connectivity index (χ0v) is 19.7. The number of piperidine rings is 1. The first-order valence-electron chi connectivity index (χ1n) is 12.4. The minimum absolute atomic E-state index is 0.0166. The average molecular weight is 495 g/mol. The van der Waals surface area contributed by atoms with Gasteiger partial charge in [0, 0.05) is 37.0 Å². The van der Waals surface area contributed by atoms with E-state index < -0.39 is 11.6 Å². The lowest BCUT2D eigenvalue weighted by Gasteiger charge is -2.35. The molecule has 3 aromatic carbocycles. The molecule has 1 aromatic heterocycles. The van der Waals surface area contributed by atoms with Crippen LogP contribution in [0.2, 0.25) is 0 Å². The fourth-order valence-corrected chi connectivity index (χ4v) is 5.82. The third kappa shape index (κ3) is 4.08. The maximum Gasteiger partial charge on any atom is 0.151 e. The molecule has 0 radical (unpaired) electrons. The summed E-state index contributed by atoms with van der Waals surface area (Å²) < 4.78 is 58.9. The van der Waals surface area contributed by atoms with Gasteiger partial charge in [-0.05, 0) is 67.5 Å². The molecule has 0 saturated carbocycles. The van der Waals surface area contributed by atoms with E-state index >= 15 is 8.78 Å². The minimum atomic E-state index is -0.611. The van der Waals surface area contributed by atoms with E-state index in [0.717, 1.165) is 30.3 Å². The molecule has 0 bridgehead atoms. The Morgan fingerprint density at radius 2 is 1.53 bits per heavy atom. The van der Waals surface area contributed by atoms with Crippen molar-refractivity contribution < 1.29 is 17.6 Å². The van der Waals surface area contributed by atoms with E-state index in [-0.39, 0.29) is 29.3 Å². The molecule has 0 amide bonds. The van der Waals surface area contributed by atoms with Gasteiger partial charge in [-0.3, -0.25) is 0 Å². The number of H-pyrrole nitrogens is 1. The Bertz CT molecular complexity index is 1370. The van der Waals surface area contributed by atoms with Crippen LogP contribution in [-0.4, -0.2) is 29.6 Å². The molecule has 4 nitrogen and oxygen atoms in total. The molecular weight excluding hydrogens is 468 g/mol. The van der Waals surface area contributed by atoms with E-state index in [1.54, 1.807) is 23.1 Å². The van der Waals surface area contributed by atoms with Gasteiger partial charge in [0.1, 0.15) is 17.3 Å². The third-order valence-electron chi connectivity index (χ3n) is 7.64. The SMILES string of the molecule is Fc1ccc(C2CCN(c3c(F)cc(N4CCC[C@@H]4c4cc5[nH]cnc5cc4F)cc3F)CC2)cc1. The number of anilines is 2. The minimum Gasteiger partial charge on any atom is -0.367 e. The van der Waals surface area contributed by atoms with Crippen LogP contribution in [0.1, 0.15) is 48.8 Å². The molecule has 2 aliphatic rings. The molecule has 2 fully saturated rings. The number of nitrogens with one attached hydrogen (secondary N) is 1. The first-order chi connectivity index (χ1) is 17.5. The van der Waals surface area contributed by atoms with Gasteiger partial charge in [0.25, 0.3) is 0 Å². The van der Waals surface area contributed by atoms with E-state index in [2.05, 4.69) is 9.97 Å². The van der Waals surface area contributed by atoms with E-state index in [9.17, 15) is 8.78 Å². The van der Waals surface area contributed by atoms with Crippen molar-refractivity contribution >= 4 is 22.4 Å². The number of imidazole rings is 1. The normalized spacial score (nSPS) is 18.9. The summed E-state index contributed by atoms with van der Waals surface area (Å²) in [5, 5.41) is 0. The summed E-state index contributed by atoms with van der Waals surface area (Å²) in [4.78, 5) is 10.7. The van der Waals surface area contributed by atoms with Crippen molar-refractivity contribution in [1.29, 1.82) is 0 Å². The topological polar surface area (TPSA) is 35.2 Å². The van der Waals surface area contributed by atoms with E-state index in [1.807, 2.05) is 4.90 Å². The number of aromatic nitrogens is 2. The molecule has 1 atom stereocenters. The number of hydrogen-bond donors (Lipinski definition) is 1. The van der Waals surface area contributed by atoms with E-state index in [1.165, 1.54) is 36.7 Å². The summed E-state index contributed by atoms with van der Waals surface area (Å²) >= 11 is 0. The number of benzene rings is 3. The zero-order chi connectivity index (χ0) is 24.8. The Morgan fingerprint density at radius 3 is 2.25 bits per heavy atom. The van der Waals surface area contributed by atoms with Crippen LogP contribution in [0, 0.1) is 23.3 Å². The summed E-state index contributed by atoms with van der Waals surface area (Å²) in [6.07, 6.45) is 4.48. The fourth-order valence-electron chi connectivity index (χ4n) is 5.82. The van der Waals surface area contributed by atoms with Crippen LogP contribution in [0.5, 0.6) is 0 Å². The van der Waals surface area contributed by atoms with Crippen molar-refractivity contribution in [2.24, 2.45) is 0 Å². The van der Waals surface area contributed by atoms with Crippen LogP contribution in [0.4, 0.5) is 28.9 Å². The van der Waals surface area contributed by atoms with Crippen LogP contribution in [0.3, 0.4) is 0 Å². The van der Waals surface area contributed by atoms with Gasteiger partial charge in [-0.15, -0.1) is 0 Å². The Morgan fingerprint density at radius 1 is 0.806 bits per heavy atom. The molecule has 3 heterocycles. The standard InChI is InChI=1S/C28H26F4N4/c29-19-5-3-17(4-6-19)18-7-10-35(11-8-18)28-23(31)12-20(13-24(28)32)36-9-1-2-27(36)21-14-25-26(15-22(21)30)34-16-33-25/h3-6,12-16,18,27H,1-2,7-11H2,(H,33,34)/t27-/m1/s1. The summed E-state index contributed by atoms with van der Waals surface area (Å²) in [6, 6.07) is 12.0. The molecule has 8 heteroatoms. The molecule has 0 aliphatic carbocycles. The van der Waals surface area contributed by atoms with Crippen LogP contribution in [-0.2, 0) is 0 Å². The largest absolute Gasteiger partial charge is 0.367 e. The van der Waals surface area contributed by atoms with Crippen molar-refractivity contribution in [2.75, 3.05) is 29.4 Å². The molecule has 4 aromatic rings. The van der Waals surface area contributed by atoms with Gasteiger partial charge in [-0.2, -0.15) is 0 Å². The first kappa shape index (κ1) is 22.9. The maximum atomic E-state index is 15.4. The summed E-state index contributed by atoms with van der Waals surface area (Å²) in [5.41, 5.74) is 3.23. The second-order valence-corrected chi connectivity index (χ2v) is 9.72. The molecule has 36 heavy (non-hydrogen) atoms. The summed E-state index contributed by atoms with van der Waals surface area (Å²) in [6.45, 7) is 1.61. The molecule has 0 spiro atoms. The number of rotatable bonds is 4. The third-order valence-corrected chi connectivity index (χ3v) is 7.64. The average Bonchev–Trinajstić information content (AvgIpc) is 3.53. The van der Waals surface area contributed by atoms with Gasteiger partial charge in [0.15, 0.2) is 11.6 Å². The van der Waals surface area contributed by atoms with Crippen LogP contribution >= 0.6 is 0 Å². The second-order valence-electron chi connectivity index (χ2n) is 9.72. The zero-order valence-electron chi connectivity index (χ0n) is 19.7. The van der Waals surface area contributed by atoms with Crippen molar-refractivity contribution in [1.82, 2.24) is 9.97 Å². The number of aromatic amines is 1. The van der Waals surface area contributed by atoms with Gasteiger partial charge >= 0.3 is 0 Å². The Kier molecular flexibility index (Phi) is 5.82. The molecule has 0 unspecified atom stereocenters. The highest BCUT2D eigenvalue weighted by atomic mass is 19.1. The fraction of sp³-hybridized carbons (Fsp3) is 0.321. The summed E-state index contributed by atoms with van der Waals surface area (Å²) in [7, 11) is 0. The molecule has 1 N–H and O–H groups in total. The van der Waals surface area contributed by atoms with E-state index in [4.69, 9.17) is 0 Å². The van der Waals surface area contributed by atoms with Crippen molar-refractivity contribution in [3.8, 4) is 0 Å². The molecular formula is C28H26F4N4. The maximum absolute atomic E-state index is 15.4. The predicted octanol–water partition coefficient (Wildman–Crippen LogP) is 6.84. The second kappa shape index (κ2) is 9.15. The smallest absolute Gasteiger partial charge is 0.151 e. The Hall–Kier alpha value is -3.55. The van der Waals surface area contributed by atoms with Crippen LogP contribution in [0.25, 0.3) is 11.0 Å². The molecule has 2 saturated heterocycles. The van der Waals surface area contributed by atoms with Gasteiger partial charge in [0.2, 0.25) is 0 Å². The Labute approximate surface area is 206 Å². The predicted molar refractivity (Wildman–Crippen MR) is 132 cm³/mol. The van der Waals surface area contributed by atoms with E-state index in [0.29, 0.717) is 42.8 Å². The van der Waals surface area contributed by atoms with Gasteiger partial charge in [0.05, 0.1) is 23.4 Å². The van der Waals surface area contributed by atoms with Crippen molar-refractivity contribution in [3.05, 3.63) is 89.3 Å². The number of halogens is 4. The monoisotopic (exact) mass is 494 g/mol. The van der Waals surface area contributed by atoms with Gasteiger partial charge in [-0.25, -0.2) is 22.5 Å². The summed E-state index contributed by atoms with van der Waals surface area (Å²) in [5.74, 6) is -1.63. The van der Waals surface area contributed by atoms with Gasteiger partial charge < -0.3 is 14.8 Å². The van der Waals surface area contributed by atoms with Gasteiger partial charge in [-0.1, -0.05) is 12.1 Å². The lowest BCUT2D eigenvalue weighted by Crippen LogP contribution is -2.34. The highest BCUT2D eigenvalue weighted by molar-refractivity contribution is 5.76. The quantitative estimate of drug-likeness (QED) is 0.315. The van der Waals surface area contributed by atoms with Crippen LogP contribution in [0.15, 0.2) is 54.9 Å². The highest BCUT2D eigenvalue weighted by Gasteiger charge is 2.31. The lowest BCUT2D eigenvalue weighted by molar-refractivity contribution is 0.485. The Balaban J connectivity index is 1.23. The first-order valence-corrected chi connectivity index (χ1v) is 12.4. The number of nitrogens with zero attached hydrogens (tertiary/aromatic N) is 3.